The molecule has 14 rings (SSSR count). The van der Waals surface area contributed by atoms with Crippen LogP contribution in [-0.2, 0) is 5.41 Å². The summed E-state index contributed by atoms with van der Waals surface area (Å²) in [4.78, 5) is 0. The summed E-state index contributed by atoms with van der Waals surface area (Å²) < 4.78 is 4.86. The average molecular weight is 677 g/mol. The Hall–Kier alpha value is -5.86. The van der Waals surface area contributed by atoms with E-state index in [1.807, 2.05) is 0 Å². The molecule has 9 aromatic rings. The van der Waals surface area contributed by atoms with E-state index < -0.39 is 0 Å². The van der Waals surface area contributed by atoms with Crippen molar-refractivity contribution in [2.45, 2.75) is 24.7 Å². The fourth-order valence-corrected chi connectivity index (χ4v) is 13.5. The van der Waals surface area contributed by atoms with Crippen LogP contribution in [0.4, 0.5) is 0 Å². The van der Waals surface area contributed by atoms with E-state index in [4.69, 9.17) is 0 Å². The van der Waals surface area contributed by atoms with Crippen LogP contribution >= 0.6 is 0 Å². The Morgan fingerprint density at radius 2 is 0.962 bits per heavy atom. The smallest absolute Gasteiger partial charge is 0.0542 e. The van der Waals surface area contributed by atoms with Crippen LogP contribution in [0.25, 0.3) is 77.2 Å². The van der Waals surface area contributed by atoms with Crippen molar-refractivity contribution in [1.82, 2.24) is 9.13 Å². The van der Waals surface area contributed by atoms with Crippen molar-refractivity contribution in [3.63, 3.8) is 0 Å². The molecule has 0 bridgehead atoms. The van der Waals surface area contributed by atoms with Gasteiger partial charge in [-0.3, -0.25) is 0 Å². The lowest BCUT2D eigenvalue weighted by Crippen LogP contribution is -2.88. The van der Waals surface area contributed by atoms with Crippen molar-refractivity contribution in [2.24, 2.45) is 29.1 Å². The standard InChI is InChI=1S/C51H36N2/c1-2-10-34(11-3-1)52-44-16-8-6-14-38(44)41-29-35(20-23-47(41)52)53-45-17-9-5-13-37(45)40-25-31(19-22-46(40)53)30-18-21-43-39(24-30)36-12-4-7-15-42(36)51(43)48-27-32-26-33-28-49(51)50(32,33)48/h1-25,29,32-33,48-49H,26-28H2. The van der Waals surface area contributed by atoms with Crippen LogP contribution in [0.1, 0.15) is 30.4 Å². The van der Waals surface area contributed by atoms with Gasteiger partial charge in [-0.15, -0.1) is 0 Å². The van der Waals surface area contributed by atoms with Crippen molar-refractivity contribution < 1.29 is 0 Å². The van der Waals surface area contributed by atoms with Gasteiger partial charge in [0.05, 0.1) is 22.1 Å². The summed E-state index contributed by atoms with van der Waals surface area (Å²) in [6.45, 7) is 0. The van der Waals surface area contributed by atoms with Gasteiger partial charge < -0.3 is 9.13 Å². The fraction of sp³-hybridized carbons (Fsp3) is 0.176. The maximum Gasteiger partial charge on any atom is 0.0542 e. The number of benzene rings is 7. The third kappa shape index (κ3) is 2.96. The lowest BCUT2D eigenvalue weighted by Gasteiger charge is -2.92. The van der Waals surface area contributed by atoms with Crippen LogP contribution in [0.2, 0.25) is 0 Å². The molecule has 5 aliphatic rings. The Morgan fingerprint density at radius 3 is 1.72 bits per heavy atom. The Kier molecular flexibility index (Phi) is 4.81. The second kappa shape index (κ2) is 9.19. The number of rotatable bonds is 3. The van der Waals surface area contributed by atoms with Gasteiger partial charge in [0.25, 0.3) is 0 Å². The Bertz CT molecular complexity index is 3060. The van der Waals surface area contributed by atoms with Crippen LogP contribution in [0.5, 0.6) is 0 Å². The van der Waals surface area contributed by atoms with E-state index in [1.54, 1.807) is 11.1 Å². The van der Waals surface area contributed by atoms with Crippen LogP contribution < -0.4 is 0 Å². The molecule has 2 heterocycles. The number of fused-ring (bicyclic) bond motifs is 13. The maximum absolute atomic E-state index is 2.55. The highest BCUT2D eigenvalue weighted by Crippen LogP contribution is 2.94. The number of para-hydroxylation sites is 3. The second-order valence-electron chi connectivity index (χ2n) is 16.9. The Morgan fingerprint density at radius 1 is 0.396 bits per heavy atom. The average Bonchev–Trinajstić information content (AvgIpc) is 3.80. The molecule has 4 unspecified atom stereocenters. The maximum atomic E-state index is 2.55. The molecule has 53 heavy (non-hydrogen) atoms. The molecule has 5 aliphatic carbocycles. The SMILES string of the molecule is c1ccc(-n2c3ccccc3c3cc(-n4c5ccccc5c5cc(-c6ccc7c(c6)-c6ccccc6C76C7CC8CC9CC6C897)ccc54)ccc32)cc1. The monoisotopic (exact) mass is 676 g/mol. The summed E-state index contributed by atoms with van der Waals surface area (Å²) in [6.07, 6.45) is 4.42. The molecule has 0 amide bonds. The summed E-state index contributed by atoms with van der Waals surface area (Å²) in [5.74, 6) is 3.79. The minimum Gasteiger partial charge on any atom is -0.309 e. The zero-order chi connectivity index (χ0) is 34.2. The molecule has 2 spiro atoms. The van der Waals surface area contributed by atoms with Crippen molar-refractivity contribution in [3.05, 3.63) is 169 Å². The molecule has 2 heteroatoms. The van der Waals surface area contributed by atoms with Gasteiger partial charge in [0.15, 0.2) is 0 Å². The first-order chi connectivity index (χ1) is 26.3. The fourth-order valence-electron chi connectivity index (χ4n) is 13.5. The second-order valence-corrected chi connectivity index (χ2v) is 16.9. The first kappa shape index (κ1) is 27.7. The van der Waals surface area contributed by atoms with Gasteiger partial charge in [-0.2, -0.15) is 0 Å². The van der Waals surface area contributed by atoms with Gasteiger partial charge in [0.1, 0.15) is 0 Å². The lowest BCUT2D eigenvalue weighted by atomic mass is 9.11. The third-order valence-corrected chi connectivity index (χ3v) is 15.4. The van der Waals surface area contributed by atoms with E-state index in [2.05, 4.69) is 167 Å². The molecule has 2 aromatic heterocycles. The summed E-state index contributed by atoms with van der Waals surface area (Å²) in [6, 6.07) is 59.6. The molecule has 2 nitrogen and oxygen atoms in total. The van der Waals surface area contributed by atoms with Crippen molar-refractivity contribution in [3.8, 4) is 33.6 Å². The molecule has 4 fully saturated rings. The number of hydrogen-bond donors (Lipinski definition) is 0. The quantitative estimate of drug-likeness (QED) is 0.176. The van der Waals surface area contributed by atoms with Gasteiger partial charge in [-0.1, -0.05) is 97.1 Å². The topological polar surface area (TPSA) is 9.86 Å². The van der Waals surface area contributed by atoms with E-state index in [0.29, 0.717) is 0 Å². The van der Waals surface area contributed by atoms with Gasteiger partial charge in [-0.05, 0) is 142 Å². The van der Waals surface area contributed by atoms with Crippen LogP contribution in [0.3, 0.4) is 0 Å². The lowest BCUT2D eigenvalue weighted by molar-refractivity contribution is -0.412. The number of hydrogen-bond acceptors (Lipinski definition) is 0. The largest absolute Gasteiger partial charge is 0.309 e. The Balaban J connectivity index is 0.930. The zero-order valence-corrected chi connectivity index (χ0v) is 29.3. The van der Waals surface area contributed by atoms with E-state index in [-0.39, 0.29) is 5.41 Å². The minimum absolute atomic E-state index is 0.268. The van der Waals surface area contributed by atoms with Crippen molar-refractivity contribution in [1.29, 1.82) is 0 Å². The minimum atomic E-state index is 0.268. The molecule has 250 valence electrons. The third-order valence-electron chi connectivity index (χ3n) is 15.4. The number of nitrogens with zero attached hydrogens (tertiary/aromatic N) is 2. The molecule has 0 N–H and O–H groups in total. The molecular weight excluding hydrogens is 641 g/mol. The highest BCUT2D eigenvalue weighted by atomic mass is 15.0. The van der Waals surface area contributed by atoms with Crippen molar-refractivity contribution >= 4 is 43.6 Å². The normalized spacial score (nSPS) is 26.8. The summed E-state index contributed by atoms with van der Waals surface area (Å²) in [5.41, 5.74) is 17.2. The molecule has 0 radical (unpaired) electrons. The molecular formula is C51H36N2. The van der Waals surface area contributed by atoms with Crippen LogP contribution in [0.15, 0.2) is 158 Å². The summed E-state index contributed by atoms with van der Waals surface area (Å²) in [5, 5.41) is 5.13. The predicted molar refractivity (Wildman–Crippen MR) is 217 cm³/mol. The van der Waals surface area contributed by atoms with Gasteiger partial charge in [0.2, 0.25) is 0 Å². The Labute approximate surface area is 307 Å². The van der Waals surface area contributed by atoms with E-state index >= 15 is 0 Å². The molecule has 4 atom stereocenters. The molecule has 7 aromatic carbocycles. The van der Waals surface area contributed by atoms with Crippen LogP contribution in [-0.4, -0.2) is 9.13 Å². The highest BCUT2D eigenvalue weighted by Gasteiger charge is 2.90. The zero-order valence-electron chi connectivity index (χ0n) is 29.3. The number of aromatic nitrogens is 2. The van der Waals surface area contributed by atoms with E-state index in [0.717, 1.165) is 29.1 Å². The van der Waals surface area contributed by atoms with Crippen LogP contribution in [0, 0.1) is 29.1 Å². The first-order valence-corrected chi connectivity index (χ1v) is 19.6. The molecule has 0 aliphatic heterocycles. The van der Waals surface area contributed by atoms with Gasteiger partial charge >= 0.3 is 0 Å². The molecule has 4 saturated carbocycles. The van der Waals surface area contributed by atoms with Crippen molar-refractivity contribution in [2.75, 3.05) is 0 Å². The van der Waals surface area contributed by atoms with Gasteiger partial charge in [-0.25, -0.2) is 0 Å². The summed E-state index contributed by atoms with van der Waals surface area (Å²) >= 11 is 0. The summed E-state index contributed by atoms with van der Waals surface area (Å²) in [7, 11) is 0. The van der Waals surface area contributed by atoms with E-state index in [1.165, 1.54) is 96.5 Å². The van der Waals surface area contributed by atoms with E-state index in [9.17, 15) is 0 Å². The molecule has 0 saturated heterocycles. The predicted octanol–water partition coefficient (Wildman–Crippen LogP) is 12.5. The highest BCUT2D eigenvalue weighted by molar-refractivity contribution is 6.13. The van der Waals surface area contributed by atoms with Gasteiger partial charge in [0, 0.05) is 38.3 Å². The first-order valence-electron chi connectivity index (χ1n) is 19.6.